The Kier molecular flexibility index (Phi) is 3.85. The minimum Gasteiger partial charge on any atom is -0.493 e. The van der Waals surface area contributed by atoms with Crippen LogP contribution < -0.4 is 9.47 Å². The Hall–Kier alpha value is -2.20. The molecular weight excluding hydrogens is 326 g/mol. The molecule has 0 radical (unpaired) electrons. The zero-order valence-corrected chi connectivity index (χ0v) is 14.2. The summed E-state index contributed by atoms with van der Waals surface area (Å²) in [5.41, 5.74) is 4.01. The van der Waals surface area contributed by atoms with Crippen LogP contribution in [0.2, 0.25) is 5.02 Å². The molecule has 0 saturated carbocycles. The lowest BCUT2D eigenvalue weighted by Crippen LogP contribution is -2.26. The predicted octanol–water partition coefficient (Wildman–Crippen LogP) is 3.48. The van der Waals surface area contributed by atoms with E-state index in [1.54, 1.807) is 36.2 Å². The summed E-state index contributed by atoms with van der Waals surface area (Å²) in [6.45, 7) is 1.88. The number of benzene rings is 2. The smallest absolute Gasteiger partial charge is 0.253 e. The lowest BCUT2D eigenvalue weighted by Gasteiger charge is -2.21. The van der Waals surface area contributed by atoms with E-state index in [2.05, 4.69) is 6.07 Å². The van der Waals surface area contributed by atoms with Gasteiger partial charge in [0.25, 0.3) is 5.91 Å². The maximum absolute atomic E-state index is 12.7. The average Bonchev–Trinajstić information content (AvgIpc) is 3.22. The molecule has 2 aliphatic heterocycles. The first kappa shape index (κ1) is 15.3. The van der Waals surface area contributed by atoms with Gasteiger partial charge in [-0.2, -0.15) is 0 Å². The predicted molar refractivity (Wildman–Crippen MR) is 92.1 cm³/mol. The van der Waals surface area contributed by atoms with Crippen LogP contribution in [-0.4, -0.2) is 31.1 Å². The first-order valence-electron chi connectivity index (χ1n) is 8.08. The molecule has 2 aliphatic rings. The van der Waals surface area contributed by atoms with E-state index in [1.165, 1.54) is 11.1 Å². The van der Waals surface area contributed by atoms with Crippen molar-refractivity contribution in [2.24, 2.45) is 0 Å². The SMILES string of the molecule is CN(Cc1c2c(cc3c1OCC3)OCC2)C(=O)c1cccc(Cl)c1. The van der Waals surface area contributed by atoms with Crippen LogP contribution in [0, 0.1) is 0 Å². The molecule has 0 aromatic heterocycles. The second-order valence-electron chi connectivity index (χ2n) is 6.19. The van der Waals surface area contributed by atoms with E-state index in [1.807, 2.05) is 0 Å². The summed E-state index contributed by atoms with van der Waals surface area (Å²) >= 11 is 6.00. The van der Waals surface area contributed by atoms with Gasteiger partial charge >= 0.3 is 0 Å². The summed E-state index contributed by atoms with van der Waals surface area (Å²) in [6, 6.07) is 9.12. The molecule has 0 N–H and O–H groups in total. The maximum atomic E-state index is 12.7. The van der Waals surface area contributed by atoms with Crippen LogP contribution in [0.3, 0.4) is 0 Å². The third kappa shape index (κ3) is 2.61. The molecule has 1 amide bonds. The van der Waals surface area contributed by atoms with Crippen molar-refractivity contribution >= 4 is 17.5 Å². The molecule has 2 aromatic rings. The van der Waals surface area contributed by atoms with Gasteiger partial charge in [0.05, 0.1) is 13.2 Å². The fourth-order valence-electron chi connectivity index (χ4n) is 3.40. The van der Waals surface area contributed by atoms with Crippen molar-refractivity contribution < 1.29 is 14.3 Å². The van der Waals surface area contributed by atoms with Crippen LogP contribution in [0.4, 0.5) is 0 Å². The standard InChI is InChI=1S/C19H18ClNO3/c1-21(19(22)13-3-2-4-14(20)9-13)11-16-15-6-8-23-17(15)10-12-5-7-24-18(12)16/h2-4,9-10H,5-8,11H2,1H3. The van der Waals surface area contributed by atoms with Gasteiger partial charge < -0.3 is 14.4 Å². The van der Waals surface area contributed by atoms with Crippen molar-refractivity contribution in [3.8, 4) is 11.5 Å². The molecule has 0 spiro atoms. The highest BCUT2D eigenvalue weighted by Crippen LogP contribution is 2.41. The van der Waals surface area contributed by atoms with Crippen LogP contribution in [0.5, 0.6) is 11.5 Å². The Morgan fingerprint density at radius 2 is 2.04 bits per heavy atom. The molecule has 0 fully saturated rings. The van der Waals surface area contributed by atoms with Gasteiger partial charge in [-0.05, 0) is 24.3 Å². The third-order valence-corrected chi connectivity index (χ3v) is 4.81. The van der Waals surface area contributed by atoms with E-state index in [4.69, 9.17) is 21.1 Å². The maximum Gasteiger partial charge on any atom is 0.253 e. The lowest BCUT2D eigenvalue weighted by molar-refractivity contribution is 0.0784. The van der Waals surface area contributed by atoms with E-state index in [-0.39, 0.29) is 5.91 Å². The Labute approximate surface area is 145 Å². The van der Waals surface area contributed by atoms with Gasteiger partial charge in [0.1, 0.15) is 11.5 Å². The van der Waals surface area contributed by atoms with Crippen LogP contribution in [0.25, 0.3) is 0 Å². The Bertz CT molecular complexity index is 786. The molecule has 4 nitrogen and oxygen atoms in total. The number of amides is 1. The quantitative estimate of drug-likeness (QED) is 0.856. The zero-order valence-electron chi connectivity index (χ0n) is 13.5. The van der Waals surface area contributed by atoms with Gasteiger partial charge in [-0.1, -0.05) is 17.7 Å². The minimum atomic E-state index is -0.0548. The Morgan fingerprint density at radius 1 is 1.21 bits per heavy atom. The van der Waals surface area contributed by atoms with Crippen LogP contribution >= 0.6 is 11.6 Å². The zero-order chi connectivity index (χ0) is 16.7. The summed E-state index contributed by atoms with van der Waals surface area (Å²) in [7, 11) is 1.81. The van der Waals surface area contributed by atoms with Crippen LogP contribution in [0.1, 0.15) is 27.0 Å². The van der Waals surface area contributed by atoms with E-state index >= 15 is 0 Å². The van der Waals surface area contributed by atoms with E-state index in [0.29, 0.717) is 30.3 Å². The summed E-state index contributed by atoms with van der Waals surface area (Å²) < 4.78 is 11.6. The second-order valence-corrected chi connectivity index (χ2v) is 6.62. The van der Waals surface area contributed by atoms with Gasteiger partial charge in [0.15, 0.2) is 0 Å². The second kappa shape index (κ2) is 6.02. The molecule has 4 rings (SSSR count). The molecule has 0 aliphatic carbocycles. The van der Waals surface area contributed by atoms with E-state index in [0.717, 1.165) is 29.9 Å². The highest BCUT2D eigenvalue weighted by atomic mass is 35.5. The molecular formula is C19H18ClNO3. The van der Waals surface area contributed by atoms with E-state index in [9.17, 15) is 4.79 Å². The number of ether oxygens (including phenoxy) is 2. The highest BCUT2D eigenvalue weighted by Gasteiger charge is 2.28. The number of carbonyl (C=O) groups is 1. The van der Waals surface area contributed by atoms with Gasteiger partial charge in [0.2, 0.25) is 0 Å². The number of hydrogen-bond acceptors (Lipinski definition) is 3. The van der Waals surface area contributed by atoms with Gasteiger partial charge in [0, 0.05) is 53.7 Å². The van der Waals surface area contributed by atoms with Crippen molar-refractivity contribution in [3.63, 3.8) is 0 Å². The molecule has 2 aromatic carbocycles. The minimum absolute atomic E-state index is 0.0548. The monoisotopic (exact) mass is 343 g/mol. The highest BCUT2D eigenvalue weighted by molar-refractivity contribution is 6.30. The normalized spacial score (nSPS) is 14.6. The summed E-state index contributed by atoms with van der Waals surface area (Å²) in [5.74, 6) is 1.82. The first-order valence-corrected chi connectivity index (χ1v) is 8.45. The summed E-state index contributed by atoms with van der Waals surface area (Å²) in [6.07, 6.45) is 1.76. The third-order valence-electron chi connectivity index (χ3n) is 4.57. The van der Waals surface area contributed by atoms with Gasteiger partial charge in [-0.3, -0.25) is 4.79 Å². The molecule has 0 saturated heterocycles. The fourth-order valence-corrected chi connectivity index (χ4v) is 3.59. The number of fused-ring (bicyclic) bond motifs is 2. The molecule has 0 unspecified atom stereocenters. The van der Waals surface area contributed by atoms with Crippen LogP contribution in [0.15, 0.2) is 30.3 Å². The molecule has 0 atom stereocenters. The Balaban J connectivity index is 1.65. The van der Waals surface area contributed by atoms with E-state index < -0.39 is 0 Å². The fraction of sp³-hybridized carbons (Fsp3) is 0.316. The van der Waals surface area contributed by atoms with Crippen molar-refractivity contribution in [1.82, 2.24) is 4.90 Å². The molecule has 0 bridgehead atoms. The largest absolute Gasteiger partial charge is 0.493 e. The molecule has 124 valence electrons. The first-order chi connectivity index (χ1) is 11.6. The number of rotatable bonds is 3. The number of hydrogen-bond donors (Lipinski definition) is 0. The average molecular weight is 344 g/mol. The summed E-state index contributed by atoms with van der Waals surface area (Å²) in [4.78, 5) is 14.4. The number of nitrogens with zero attached hydrogens (tertiary/aromatic N) is 1. The Morgan fingerprint density at radius 3 is 2.88 bits per heavy atom. The van der Waals surface area contributed by atoms with Crippen LogP contribution in [-0.2, 0) is 19.4 Å². The van der Waals surface area contributed by atoms with Crippen molar-refractivity contribution in [3.05, 3.63) is 57.6 Å². The van der Waals surface area contributed by atoms with Crippen molar-refractivity contribution in [2.45, 2.75) is 19.4 Å². The lowest BCUT2D eigenvalue weighted by atomic mass is 9.99. The summed E-state index contributed by atoms with van der Waals surface area (Å²) in [5, 5.41) is 0.562. The van der Waals surface area contributed by atoms with Crippen molar-refractivity contribution in [1.29, 1.82) is 0 Å². The van der Waals surface area contributed by atoms with Crippen molar-refractivity contribution in [2.75, 3.05) is 20.3 Å². The molecule has 24 heavy (non-hydrogen) atoms. The number of halogens is 1. The topological polar surface area (TPSA) is 38.8 Å². The molecule has 5 heteroatoms. The van der Waals surface area contributed by atoms with Gasteiger partial charge in [-0.15, -0.1) is 0 Å². The number of carbonyl (C=O) groups excluding carboxylic acids is 1. The van der Waals surface area contributed by atoms with Gasteiger partial charge in [-0.25, -0.2) is 0 Å². The molecule has 2 heterocycles.